The van der Waals surface area contributed by atoms with Crippen LogP contribution in [0.2, 0.25) is 0 Å². The van der Waals surface area contributed by atoms with Gasteiger partial charge in [-0.25, -0.2) is 18.1 Å². The number of fused-ring (bicyclic) bond motifs is 1. The number of nitrogens with one attached hydrogen (secondary N) is 1. The van der Waals surface area contributed by atoms with Gasteiger partial charge in [-0.15, -0.1) is 11.3 Å². The molecule has 0 radical (unpaired) electrons. The predicted octanol–water partition coefficient (Wildman–Crippen LogP) is 3.88. The molecule has 29 heavy (non-hydrogen) atoms. The van der Waals surface area contributed by atoms with Crippen LogP contribution in [0.1, 0.15) is 46.7 Å². The van der Waals surface area contributed by atoms with Gasteiger partial charge in [0.1, 0.15) is 5.01 Å². The second kappa shape index (κ2) is 7.51. The third-order valence-corrected chi connectivity index (χ3v) is 7.94. The van der Waals surface area contributed by atoms with Crippen LogP contribution in [0.25, 0.3) is 10.2 Å². The van der Waals surface area contributed by atoms with Gasteiger partial charge < -0.3 is 4.90 Å². The lowest BCUT2D eigenvalue weighted by Crippen LogP contribution is -2.31. The van der Waals surface area contributed by atoms with Crippen LogP contribution < -0.4 is 4.72 Å². The van der Waals surface area contributed by atoms with Gasteiger partial charge in [0.15, 0.2) is 0 Å². The Bertz CT molecular complexity index is 1150. The summed E-state index contributed by atoms with van der Waals surface area (Å²) in [6.07, 6.45) is 1.72. The first-order chi connectivity index (χ1) is 13.8. The lowest BCUT2D eigenvalue weighted by atomic mass is 10.1. The molecular weight excluding hydrogens is 406 g/mol. The number of hydrogen-bond acceptors (Lipinski definition) is 5. The molecule has 8 heteroatoms. The number of para-hydroxylation sites is 1. The van der Waals surface area contributed by atoms with Crippen molar-refractivity contribution in [2.24, 2.45) is 0 Å². The SMILES string of the molecule is Cc1ccc(S(=O)(=O)NC2CC2)cc1C(=O)N(C)C(C)c1nc2ccccc2s1. The maximum atomic E-state index is 13.2. The Morgan fingerprint density at radius 3 is 2.66 bits per heavy atom. The predicted molar refractivity (Wildman–Crippen MR) is 115 cm³/mol. The average Bonchev–Trinajstić information content (AvgIpc) is 3.39. The molecule has 0 aliphatic heterocycles. The highest BCUT2D eigenvalue weighted by atomic mass is 32.2. The van der Waals surface area contributed by atoms with Crippen molar-refractivity contribution in [1.29, 1.82) is 0 Å². The van der Waals surface area contributed by atoms with Crippen molar-refractivity contribution in [2.75, 3.05) is 7.05 Å². The number of benzene rings is 2. The molecule has 0 bridgehead atoms. The molecule has 1 heterocycles. The van der Waals surface area contributed by atoms with E-state index in [0.29, 0.717) is 5.56 Å². The van der Waals surface area contributed by atoms with Crippen molar-refractivity contribution in [3.8, 4) is 0 Å². The highest BCUT2D eigenvalue weighted by molar-refractivity contribution is 7.89. The minimum atomic E-state index is -3.62. The number of sulfonamides is 1. The molecule has 3 aromatic rings. The molecule has 1 atom stereocenters. The van der Waals surface area contributed by atoms with Crippen LogP contribution in [-0.2, 0) is 10.0 Å². The van der Waals surface area contributed by atoms with Crippen LogP contribution >= 0.6 is 11.3 Å². The zero-order valence-corrected chi connectivity index (χ0v) is 18.2. The van der Waals surface area contributed by atoms with Crippen LogP contribution in [0.15, 0.2) is 47.4 Å². The molecule has 1 fully saturated rings. The third kappa shape index (κ3) is 4.05. The summed E-state index contributed by atoms with van der Waals surface area (Å²) in [6, 6.07) is 12.4. The number of aromatic nitrogens is 1. The summed E-state index contributed by atoms with van der Waals surface area (Å²) in [7, 11) is -1.89. The summed E-state index contributed by atoms with van der Waals surface area (Å²) in [5.74, 6) is -0.224. The first-order valence-electron chi connectivity index (χ1n) is 9.52. The maximum Gasteiger partial charge on any atom is 0.254 e. The lowest BCUT2D eigenvalue weighted by Gasteiger charge is -2.24. The minimum absolute atomic E-state index is 0.0159. The summed E-state index contributed by atoms with van der Waals surface area (Å²) in [6.45, 7) is 3.74. The normalized spacial score (nSPS) is 15.4. The Morgan fingerprint density at radius 1 is 1.24 bits per heavy atom. The van der Waals surface area contributed by atoms with Crippen molar-refractivity contribution in [3.05, 3.63) is 58.6 Å². The summed E-state index contributed by atoms with van der Waals surface area (Å²) in [4.78, 5) is 19.6. The van der Waals surface area contributed by atoms with Crippen molar-refractivity contribution in [3.63, 3.8) is 0 Å². The molecule has 1 amide bonds. The van der Waals surface area contributed by atoms with E-state index < -0.39 is 10.0 Å². The highest BCUT2D eigenvalue weighted by Gasteiger charge is 2.29. The van der Waals surface area contributed by atoms with E-state index in [1.807, 2.05) is 38.1 Å². The molecule has 0 saturated heterocycles. The Balaban J connectivity index is 1.61. The van der Waals surface area contributed by atoms with Gasteiger partial charge in [-0.2, -0.15) is 0 Å². The topological polar surface area (TPSA) is 79.4 Å². The number of thiazole rings is 1. The van der Waals surface area contributed by atoms with Gasteiger partial charge >= 0.3 is 0 Å². The molecule has 1 N–H and O–H groups in total. The van der Waals surface area contributed by atoms with E-state index in [1.54, 1.807) is 35.4 Å². The van der Waals surface area contributed by atoms with Gasteiger partial charge in [-0.1, -0.05) is 18.2 Å². The summed E-state index contributed by atoms with van der Waals surface area (Å²) >= 11 is 1.56. The molecule has 4 rings (SSSR count). The van der Waals surface area contributed by atoms with Crippen LogP contribution in [0.5, 0.6) is 0 Å². The quantitative estimate of drug-likeness (QED) is 0.645. The molecule has 6 nitrogen and oxygen atoms in total. The maximum absolute atomic E-state index is 13.2. The Morgan fingerprint density at radius 2 is 1.97 bits per heavy atom. The summed E-state index contributed by atoms with van der Waals surface area (Å²) < 4.78 is 28.8. The Hall–Kier alpha value is -2.29. The molecule has 1 unspecified atom stereocenters. The Labute approximate surface area is 174 Å². The van der Waals surface area contributed by atoms with Crippen molar-refractivity contribution >= 4 is 37.5 Å². The zero-order valence-electron chi connectivity index (χ0n) is 16.5. The summed E-state index contributed by atoms with van der Waals surface area (Å²) in [5.41, 5.74) is 2.04. The number of carbonyl (C=O) groups excluding carboxylic acids is 1. The van der Waals surface area contributed by atoms with Crippen molar-refractivity contribution in [1.82, 2.24) is 14.6 Å². The van der Waals surface area contributed by atoms with Gasteiger partial charge in [0, 0.05) is 18.7 Å². The molecule has 1 aromatic heterocycles. The summed E-state index contributed by atoms with van der Waals surface area (Å²) in [5, 5.41) is 0.846. The van der Waals surface area contributed by atoms with Crippen LogP contribution in [0.4, 0.5) is 0 Å². The second-order valence-electron chi connectivity index (χ2n) is 7.48. The fourth-order valence-corrected chi connectivity index (χ4v) is 5.48. The third-order valence-electron chi connectivity index (χ3n) is 5.22. The number of aryl methyl sites for hydroxylation is 1. The smallest absolute Gasteiger partial charge is 0.254 e. The Kier molecular flexibility index (Phi) is 5.18. The number of rotatable bonds is 6. The molecule has 1 aliphatic carbocycles. The first kappa shape index (κ1) is 20.0. The number of hydrogen-bond donors (Lipinski definition) is 1. The largest absolute Gasteiger partial charge is 0.333 e. The van der Waals surface area contributed by atoms with E-state index in [0.717, 1.165) is 33.6 Å². The lowest BCUT2D eigenvalue weighted by molar-refractivity contribution is 0.0741. The van der Waals surface area contributed by atoms with Crippen LogP contribution in [0.3, 0.4) is 0 Å². The zero-order chi connectivity index (χ0) is 20.8. The molecule has 2 aromatic carbocycles. The van der Waals surface area contributed by atoms with E-state index in [9.17, 15) is 13.2 Å². The van der Waals surface area contributed by atoms with E-state index in [4.69, 9.17) is 0 Å². The number of nitrogens with zero attached hydrogens (tertiary/aromatic N) is 2. The standard InChI is InChI=1S/C21H23N3O3S2/c1-13-8-11-16(29(26,27)23-15-9-10-15)12-17(13)21(25)24(3)14(2)20-22-18-6-4-5-7-19(18)28-20/h4-8,11-12,14-15,23H,9-10H2,1-3H3. The minimum Gasteiger partial charge on any atom is -0.333 e. The van der Waals surface area contributed by atoms with Crippen molar-refractivity contribution < 1.29 is 13.2 Å². The van der Waals surface area contributed by atoms with Gasteiger partial charge in [0.05, 0.1) is 21.2 Å². The van der Waals surface area contributed by atoms with Gasteiger partial charge in [0.2, 0.25) is 10.0 Å². The molecule has 0 spiro atoms. The van der Waals surface area contributed by atoms with Gasteiger partial charge in [-0.3, -0.25) is 4.79 Å². The first-order valence-corrected chi connectivity index (χ1v) is 11.8. The van der Waals surface area contributed by atoms with E-state index >= 15 is 0 Å². The van der Waals surface area contributed by atoms with Gasteiger partial charge in [0.25, 0.3) is 5.91 Å². The molecule has 152 valence electrons. The molecular formula is C21H23N3O3S2. The van der Waals surface area contributed by atoms with Crippen molar-refractivity contribution in [2.45, 2.75) is 43.7 Å². The average molecular weight is 430 g/mol. The van der Waals surface area contributed by atoms with E-state index in [-0.39, 0.29) is 22.9 Å². The van der Waals surface area contributed by atoms with Crippen LogP contribution in [0, 0.1) is 6.92 Å². The highest BCUT2D eigenvalue weighted by Crippen LogP contribution is 2.30. The number of carbonyl (C=O) groups is 1. The molecule has 1 saturated carbocycles. The van der Waals surface area contributed by atoms with E-state index in [1.165, 1.54) is 6.07 Å². The molecule has 1 aliphatic rings. The number of amides is 1. The monoisotopic (exact) mass is 429 g/mol. The second-order valence-corrected chi connectivity index (χ2v) is 10.3. The fourth-order valence-electron chi connectivity index (χ4n) is 3.09. The fraction of sp³-hybridized carbons (Fsp3) is 0.333. The van der Waals surface area contributed by atoms with E-state index in [2.05, 4.69) is 9.71 Å². The van der Waals surface area contributed by atoms with Gasteiger partial charge in [-0.05, 0) is 56.5 Å². The van der Waals surface area contributed by atoms with Crippen LogP contribution in [-0.4, -0.2) is 37.3 Å².